The second-order valence-corrected chi connectivity index (χ2v) is 5.80. The third kappa shape index (κ3) is 3.33. The van der Waals surface area contributed by atoms with Crippen molar-refractivity contribution < 1.29 is 13.6 Å². The lowest BCUT2D eigenvalue weighted by Gasteiger charge is -2.25. The molecule has 1 aliphatic rings. The molecule has 2 amide bonds. The normalized spacial score (nSPS) is 17.3. The Labute approximate surface area is 133 Å². The molecule has 1 atom stereocenters. The molecule has 1 N–H and O–H groups in total. The Morgan fingerprint density at radius 2 is 1.91 bits per heavy atom. The SMILES string of the molecule is Cc1ccc(NC(=O)N2CCC[C@@H]2c2ccc(F)cc2)cc1F. The van der Waals surface area contributed by atoms with Gasteiger partial charge in [0.25, 0.3) is 0 Å². The van der Waals surface area contributed by atoms with Gasteiger partial charge in [-0.15, -0.1) is 0 Å². The van der Waals surface area contributed by atoms with Crippen molar-refractivity contribution >= 4 is 11.7 Å². The minimum absolute atomic E-state index is 0.0779. The Kier molecular flexibility index (Phi) is 4.28. The molecule has 1 heterocycles. The van der Waals surface area contributed by atoms with Crippen LogP contribution in [0.2, 0.25) is 0 Å². The van der Waals surface area contributed by atoms with Gasteiger partial charge in [-0.1, -0.05) is 18.2 Å². The molecule has 120 valence electrons. The number of aryl methyl sites for hydroxylation is 1. The zero-order valence-corrected chi connectivity index (χ0v) is 12.9. The molecule has 1 aliphatic heterocycles. The predicted octanol–water partition coefficient (Wildman–Crippen LogP) is 4.64. The molecule has 2 aromatic rings. The topological polar surface area (TPSA) is 32.3 Å². The van der Waals surface area contributed by atoms with Gasteiger partial charge in [0.1, 0.15) is 11.6 Å². The number of amides is 2. The number of rotatable bonds is 2. The van der Waals surface area contributed by atoms with Gasteiger partial charge in [0.05, 0.1) is 6.04 Å². The molecular weight excluding hydrogens is 298 g/mol. The summed E-state index contributed by atoms with van der Waals surface area (Å²) in [4.78, 5) is 14.2. The number of likely N-dealkylation sites (tertiary alicyclic amines) is 1. The van der Waals surface area contributed by atoms with E-state index in [-0.39, 0.29) is 23.7 Å². The molecule has 3 rings (SSSR count). The van der Waals surface area contributed by atoms with E-state index in [0.717, 1.165) is 18.4 Å². The summed E-state index contributed by atoms with van der Waals surface area (Å²) >= 11 is 0. The molecule has 1 fully saturated rings. The molecule has 0 bridgehead atoms. The Bertz CT molecular complexity index is 715. The first-order valence-electron chi connectivity index (χ1n) is 7.64. The van der Waals surface area contributed by atoms with Crippen LogP contribution in [-0.4, -0.2) is 17.5 Å². The average molecular weight is 316 g/mol. The van der Waals surface area contributed by atoms with Crippen molar-refractivity contribution in [2.45, 2.75) is 25.8 Å². The van der Waals surface area contributed by atoms with Crippen LogP contribution in [0.1, 0.15) is 30.0 Å². The third-order valence-corrected chi connectivity index (χ3v) is 4.19. The van der Waals surface area contributed by atoms with E-state index in [1.165, 1.54) is 18.2 Å². The van der Waals surface area contributed by atoms with Gasteiger partial charge in [-0.05, 0) is 55.2 Å². The van der Waals surface area contributed by atoms with Crippen molar-refractivity contribution in [2.75, 3.05) is 11.9 Å². The standard InChI is InChI=1S/C18H18F2N2O/c1-12-4-9-15(11-16(12)20)21-18(23)22-10-2-3-17(22)13-5-7-14(19)8-6-13/h4-9,11,17H,2-3,10H2,1H3,(H,21,23)/t17-/m1/s1. The molecule has 0 radical (unpaired) electrons. The monoisotopic (exact) mass is 316 g/mol. The highest BCUT2D eigenvalue weighted by atomic mass is 19.1. The smallest absolute Gasteiger partial charge is 0.317 e. The van der Waals surface area contributed by atoms with Gasteiger partial charge in [0.2, 0.25) is 0 Å². The number of halogens is 2. The second kappa shape index (κ2) is 6.36. The number of carbonyl (C=O) groups excluding carboxylic acids is 1. The number of benzene rings is 2. The quantitative estimate of drug-likeness (QED) is 0.860. The van der Waals surface area contributed by atoms with Crippen molar-refractivity contribution in [3.05, 3.63) is 65.2 Å². The maximum atomic E-state index is 13.6. The van der Waals surface area contributed by atoms with Crippen molar-refractivity contribution in [3.63, 3.8) is 0 Å². The summed E-state index contributed by atoms with van der Waals surface area (Å²) in [7, 11) is 0. The lowest BCUT2D eigenvalue weighted by molar-refractivity contribution is 0.207. The van der Waals surface area contributed by atoms with Gasteiger partial charge >= 0.3 is 6.03 Å². The van der Waals surface area contributed by atoms with Crippen LogP contribution in [0.3, 0.4) is 0 Å². The van der Waals surface area contributed by atoms with Crippen molar-refractivity contribution in [3.8, 4) is 0 Å². The Hall–Kier alpha value is -2.43. The van der Waals surface area contributed by atoms with Crippen LogP contribution in [0.5, 0.6) is 0 Å². The summed E-state index contributed by atoms with van der Waals surface area (Å²) in [6.45, 7) is 2.30. The van der Waals surface area contributed by atoms with E-state index in [1.807, 2.05) is 0 Å². The van der Waals surface area contributed by atoms with E-state index >= 15 is 0 Å². The molecule has 0 aromatic heterocycles. The van der Waals surface area contributed by atoms with Crippen LogP contribution in [0.25, 0.3) is 0 Å². The first-order valence-corrected chi connectivity index (χ1v) is 7.64. The fourth-order valence-electron chi connectivity index (χ4n) is 2.91. The summed E-state index contributed by atoms with van der Waals surface area (Å²) in [5, 5.41) is 2.74. The zero-order valence-electron chi connectivity index (χ0n) is 12.9. The van der Waals surface area contributed by atoms with Crippen LogP contribution in [0, 0.1) is 18.6 Å². The minimum atomic E-state index is -0.348. The van der Waals surface area contributed by atoms with Gasteiger partial charge < -0.3 is 10.2 Å². The van der Waals surface area contributed by atoms with Gasteiger partial charge in [0.15, 0.2) is 0 Å². The van der Waals surface area contributed by atoms with Gasteiger partial charge in [-0.2, -0.15) is 0 Å². The minimum Gasteiger partial charge on any atom is -0.317 e. The largest absolute Gasteiger partial charge is 0.322 e. The fourth-order valence-corrected chi connectivity index (χ4v) is 2.91. The van der Waals surface area contributed by atoms with E-state index in [0.29, 0.717) is 17.8 Å². The summed E-state index contributed by atoms with van der Waals surface area (Å²) in [6.07, 6.45) is 1.72. The maximum Gasteiger partial charge on any atom is 0.322 e. The van der Waals surface area contributed by atoms with E-state index < -0.39 is 0 Å². The summed E-state index contributed by atoms with van der Waals surface area (Å²) in [6, 6.07) is 10.5. The number of hydrogen-bond acceptors (Lipinski definition) is 1. The molecule has 5 heteroatoms. The van der Waals surface area contributed by atoms with Crippen LogP contribution in [-0.2, 0) is 0 Å². The van der Waals surface area contributed by atoms with Crippen LogP contribution < -0.4 is 5.32 Å². The first-order chi connectivity index (χ1) is 11.0. The van der Waals surface area contributed by atoms with E-state index in [9.17, 15) is 13.6 Å². The molecule has 23 heavy (non-hydrogen) atoms. The van der Waals surface area contributed by atoms with Gasteiger partial charge in [-0.25, -0.2) is 13.6 Å². The highest BCUT2D eigenvalue weighted by Gasteiger charge is 2.30. The van der Waals surface area contributed by atoms with Gasteiger partial charge in [-0.3, -0.25) is 0 Å². The van der Waals surface area contributed by atoms with Crippen LogP contribution in [0.4, 0.5) is 19.3 Å². The maximum absolute atomic E-state index is 13.6. The third-order valence-electron chi connectivity index (χ3n) is 4.19. The average Bonchev–Trinajstić information content (AvgIpc) is 3.01. The molecule has 0 aliphatic carbocycles. The molecule has 3 nitrogen and oxygen atoms in total. The number of anilines is 1. The van der Waals surface area contributed by atoms with Gasteiger partial charge in [0, 0.05) is 12.2 Å². The number of carbonyl (C=O) groups is 1. The Morgan fingerprint density at radius 1 is 1.17 bits per heavy atom. The highest BCUT2D eigenvalue weighted by molar-refractivity contribution is 5.89. The van der Waals surface area contributed by atoms with E-state index in [1.54, 1.807) is 36.1 Å². The van der Waals surface area contributed by atoms with Crippen LogP contribution in [0.15, 0.2) is 42.5 Å². The highest BCUT2D eigenvalue weighted by Crippen LogP contribution is 2.32. The van der Waals surface area contributed by atoms with Crippen molar-refractivity contribution in [2.24, 2.45) is 0 Å². The number of nitrogens with zero attached hydrogens (tertiary/aromatic N) is 1. The summed E-state index contributed by atoms with van der Waals surface area (Å²) in [5.41, 5.74) is 1.88. The molecule has 0 saturated carbocycles. The first kappa shape index (κ1) is 15.5. The zero-order chi connectivity index (χ0) is 16.4. The predicted molar refractivity (Wildman–Crippen MR) is 85.2 cm³/mol. The lowest BCUT2D eigenvalue weighted by Crippen LogP contribution is -2.34. The Balaban J connectivity index is 1.75. The number of nitrogens with one attached hydrogen (secondary N) is 1. The fraction of sp³-hybridized carbons (Fsp3) is 0.278. The lowest BCUT2D eigenvalue weighted by atomic mass is 10.0. The van der Waals surface area contributed by atoms with Crippen LogP contribution >= 0.6 is 0 Å². The molecule has 1 saturated heterocycles. The van der Waals surface area contributed by atoms with E-state index in [4.69, 9.17) is 0 Å². The van der Waals surface area contributed by atoms with Crippen molar-refractivity contribution in [1.82, 2.24) is 4.90 Å². The van der Waals surface area contributed by atoms with E-state index in [2.05, 4.69) is 5.32 Å². The number of urea groups is 1. The molecule has 0 unspecified atom stereocenters. The second-order valence-electron chi connectivity index (χ2n) is 5.80. The molecular formula is C18H18F2N2O. The molecule has 0 spiro atoms. The summed E-state index contributed by atoms with van der Waals surface area (Å²) < 4.78 is 26.6. The Morgan fingerprint density at radius 3 is 2.61 bits per heavy atom. The molecule has 2 aromatic carbocycles. The van der Waals surface area contributed by atoms with Crippen molar-refractivity contribution in [1.29, 1.82) is 0 Å². The summed E-state index contributed by atoms with van der Waals surface area (Å²) in [5.74, 6) is -0.641. The number of hydrogen-bond donors (Lipinski definition) is 1.